The molecule has 0 radical (unpaired) electrons. The highest BCUT2D eigenvalue weighted by Crippen LogP contribution is 2.18. The molecule has 17 heavy (non-hydrogen) atoms. The number of aryl methyl sites for hydroxylation is 3. The topological polar surface area (TPSA) is 34.1 Å². The minimum Gasteiger partial charge on any atom is -0.212 e. The van der Waals surface area contributed by atoms with E-state index in [1.807, 2.05) is 12.2 Å². The molecule has 0 aromatic heterocycles. The Bertz CT molecular complexity index is 507. The molecule has 0 aliphatic heterocycles. The second-order valence-electron chi connectivity index (χ2n) is 4.25. The van der Waals surface area contributed by atoms with Crippen molar-refractivity contribution in [2.45, 2.75) is 27.2 Å². The Kier molecular flexibility index (Phi) is 4.78. The average Bonchev–Trinajstić information content (AvgIpc) is 2.13. The van der Waals surface area contributed by atoms with Gasteiger partial charge in [0.05, 0.1) is 5.75 Å². The Balaban J connectivity index is 2.79. The van der Waals surface area contributed by atoms with E-state index in [1.165, 1.54) is 16.7 Å². The maximum absolute atomic E-state index is 10.8. The van der Waals surface area contributed by atoms with Crippen molar-refractivity contribution in [1.82, 2.24) is 0 Å². The summed E-state index contributed by atoms with van der Waals surface area (Å²) in [7, 11) is 1.75. The normalized spacial score (nSPS) is 12.2. The second-order valence-corrected chi connectivity index (χ2v) is 7.14. The number of hydrogen-bond acceptors (Lipinski definition) is 2. The van der Waals surface area contributed by atoms with Crippen LogP contribution in [-0.2, 0) is 9.05 Å². The molecule has 0 atom stereocenters. The quantitative estimate of drug-likeness (QED) is 0.785. The summed E-state index contributed by atoms with van der Waals surface area (Å²) >= 11 is 0. The number of halogens is 1. The van der Waals surface area contributed by atoms with E-state index >= 15 is 0 Å². The van der Waals surface area contributed by atoms with Gasteiger partial charge in [-0.3, -0.25) is 0 Å². The zero-order chi connectivity index (χ0) is 13.1. The Morgan fingerprint density at radius 3 is 2.18 bits per heavy atom. The second kappa shape index (κ2) is 5.69. The largest absolute Gasteiger partial charge is 0.232 e. The van der Waals surface area contributed by atoms with Crippen LogP contribution in [0.4, 0.5) is 0 Å². The summed E-state index contributed by atoms with van der Waals surface area (Å²) in [5.74, 6) is -0.0188. The SMILES string of the molecule is Cc1cc(C)c(/C=C/CCS(=O)(=O)Cl)c(C)c1. The first-order chi connectivity index (χ1) is 7.79. The summed E-state index contributed by atoms with van der Waals surface area (Å²) in [4.78, 5) is 0. The molecular formula is C13H17ClO2S. The van der Waals surface area contributed by atoms with E-state index in [0.717, 1.165) is 5.56 Å². The highest BCUT2D eigenvalue weighted by atomic mass is 35.7. The van der Waals surface area contributed by atoms with E-state index in [0.29, 0.717) is 6.42 Å². The van der Waals surface area contributed by atoms with Gasteiger partial charge in [0.25, 0.3) is 0 Å². The van der Waals surface area contributed by atoms with Crippen LogP contribution in [-0.4, -0.2) is 14.2 Å². The zero-order valence-electron chi connectivity index (χ0n) is 10.3. The van der Waals surface area contributed by atoms with Gasteiger partial charge in [0.2, 0.25) is 9.05 Å². The van der Waals surface area contributed by atoms with Gasteiger partial charge in [-0.2, -0.15) is 0 Å². The molecule has 0 fully saturated rings. The summed E-state index contributed by atoms with van der Waals surface area (Å²) in [6.07, 6.45) is 4.26. The lowest BCUT2D eigenvalue weighted by Gasteiger charge is -2.06. The van der Waals surface area contributed by atoms with Crippen molar-refractivity contribution in [1.29, 1.82) is 0 Å². The summed E-state index contributed by atoms with van der Waals surface area (Å²) in [5, 5.41) is 0. The highest BCUT2D eigenvalue weighted by molar-refractivity contribution is 8.13. The van der Waals surface area contributed by atoms with Gasteiger partial charge in [0.15, 0.2) is 0 Å². The Labute approximate surface area is 108 Å². The molecule has 2 nitrogen and oxygen atoms in total. The molecule has 1 aromatic rings. The maximum atomic E-state index is 10.8. The first-order valence-corrected chi connectivity index (χ1v) is 7.94. The molecular weight excluding hydrogens is 256 g/mol. The third-order valence-electron chi connectivity index (χ3n) is 2.55. The number of rotatable bonds is 4. The Hall–Kier alpha value is -0.800. The molecule has 4 heteroatoms. The molecule has 1 rings (SSSR count). The van der Waals surface area contributed by atoms with Gasteiger partial charge >= 0.3 is 0 Å². The predicted molar refractivity (Wildman–Crippen MR) is 73.9 cm³/mol. The highest BCUT2D eigenvalue weighted by Gasteiger charge is 2.03. The van der Waals surface area contributed by atoms with Crippen molar-refractivity contribution in [2.24, 2.45) is 0 Å². The fourth-order valence-electron chi connectivity index (χ4n) is 1.86. The molecule has 0 bridgehead atoms. The van der Waals surface area contributed by atoms with Gasteiger partial charge in [-0.25, -0.2) is 8.42 Å². The third kappa shape index (κ3) is 4.92. The first kappa shape index (κ1) is 14.3. The lowest BCUT2D eigenvalue weighted by atomic mass is 9.99. The van der Waals surface area contributed by atoms with Crippen molar-refractivity contribution in [3.05, 3.63) is 40.5 Å². The van der Waals surface area contributed by atoms with Crippen LogP contribution in [0.15, 0.2) is 18.2 Å². The minimum absolute atomic E-state index is 0.0188. The van der Waals surface area contributed by atoms with E-state index in [2.05, 4.69) is 32.9 Å². The van der Waals surface area contributed by atoms with Crippen LogP contribution in [0, 0.1) is 20.8 Å². The van der Waals surface area contributed by atoms with Crippen molar-refractivity contribution < 1.29 is 8.42 Å². The van der Waals surface area contributed by atoms with Gasteiger partial charge in [-0.05, 0) is 43.9 Å². The smallest absolute Gasteiger partial charge is 0.212 e. The average molecular weight is 273 g/mol. The van der Waals surface area contributed by atoms with Crippen LogP contribution in [0.1, 0.15) is 28.7 Å². The third-order valence-corrected chi connectivity index (χ3v) is 3.74. The summed E-state index contributed by atoms with van der Waals surface area (Å²) < 4.78 is 21.5. The predicted octanol–water partition coefficient (Wildman–Crippen LogP) is 3.58. The first-order valence-electron chi connectivity index (χ1n) is 5.46. The van der Waals surface area contributed by atoms with Crippen LogP contribution in [0.25, 0.3) is 6.08 Å². The lowest BCUT2D eigenvalue weighted by molar-refractivity contribution is 0.609. The van der Waals surface area contributed by atoms with E-state index in [9.17, 15) is 8.42 Å². The standard InChI is InChI=1S/C13H17ClO2S/c1-10-8-11(2)13(12(3)9-10)6-4-5-7-17(14,15)16/h4,6,8-9H,5,7H2,1-3H3/b6-4+. The number of benzene rings is 1. The molecule has 0 amide bonds. The molecule has 0 aliphatic carbocycles. The molecule has 0 N–H and O–H groups in total. The molecule has 0 heterocycles. The molecule has 94 valence electrons. The summed E-state index contributed by atoms with van der Waals surface area (Å²) in [6.45, 7) is 6.17. The maximum Gasteiger partial charge on any atom is 0.232 e. The van der Waals surface area contributed by atoms with Crippen molar-refractivity contribution >= 4 is 25.8 Å². The van der Waals surface area contributed by atoms with Gasteiger partial charge in [-0.1, -0.05) is 29.8 Å². The molecule has 0 aliphatic rings. The van der Waals surface area contributed by atoms with E-state index in [-0.39, 0.29) is 5.75 Å². The van der Waals surface area contributed by atoms with Gasteiger partial charge in [0.1, 0.15) is 0 Å². The molecule has 0 saturated heterocycles. The van der Waals surface area contributed by atoms with Crippen LogP contribution in [0.5, 0.6) is 0 Å². The molecule has 0 saturated carbocycles. The minimum atomic E-state index is -3.38. The van der Waals surface area contributed by atoms with Gasteiger partial charge in [0, 0.05) is 10.7 Å². The fourth-order valence-corrected chi connectivity index (χ4v) is 2.55. The van der Waals surface area contributed by atoms with E-state index < -0.39 is 9.05 Å². The summed E-state index contributed by atoms with van der Waals surface area (Å²) in [5.41, 5.74) is 4.79. The Morgan fingerprint density at radius 2 is 1.71 bits per heavy atom. The Morgan fingerprint density at radius 1 is 1.18 bits per heavy atom. The fraction of sp³-hybridized carbons (Fsp3) is 0.385. The van der Waals surface area contributed by atoms with Crippen LogP contribution in [0.2, 0.25) is 0 Å². The lowest BCUT2D eigenvalue weighted by Crippen LogP contribution is -1.94. The van der Waals surface area contributed by atoms with Gasteiger partial charge in [-0.15, -0.1) is 0 Å². The number of hydrogen-bond donors (Lipinski definition) is 0. The van der Waals surface area contributed by atoms with Crippen LogP contribution >= 0.6 is 10.7 Å². The van der Waals surface area contributed by atoms with Crippen molar-refractivity contribution in [2.75, 3.05) is 5.75 Å². The van der Waals surface area contributed by atoms with E-state index in [1.54, 1.807) is 0 Å². The van der Waals surface area contributed by atoms with Gasteiger partial charge < -0.3 is 0 Å². The van der Waals surface area contributed by atoms with E-state index in [4.69, 9.17) is 10.7 Å². The zero-order valence-corrected chi connectivity index (χ0v) is 11.9. The molecule has 0 unspecified atom stereocenters. The molecule has 0 spiro atoms. The van der Waals surface area contributed by atoms with Crippen LogP contribution in [0.3, 0.4) is 0 Å². The van der Waals surface area contributed by atoms with Crippen LogP contribution < -0.4 is 0 Å². The number of allylic oxidation sites excluding steroid dienone is 1. The van der Waals surface area contributed by atoms with Crippen molar-refractivity contribution in [3.8, 4) is 0 Å². The monoisotopic (exact) mass is 272 g/mol. The molecule has 1 aromatic carbocycles. The summed E-state index contributed by atoms with van der Waals surface area (Å²) in [6, 6.07) is 4.23. The van der Waals surface area contributed by atoms with Crippen molar-refractivity contribution in [3.63, 3.8) is 0 Å².